The van der Waals surface area contributed by atoms with Crippen molar-refractivity contribution in [1.29, 1.82) is 0 Å². The number of anilines is 1. The van der Waals surface area contributed by atoms with E-state index < -0.39 is 0 Å². The second kappa shape index (κ2) is 5.57. The van der Waals surface area contributed by atoms with Gasteiger partial charge in [-0.3, -0.25) is 4.79 Å². The summed E-state index contributed by atoms with van der Waals surface area (Å²) in [6.45, 7) is 5.32. The lowest BCUT2D eigenvalue weighted by Crippen LogP contribution is -2.55. The van der Waals surface area contributed by atoms with E-state index in [-0.39, 0.29) is 11.9 Å². The Morgan fingerprint density at radius 2 is 2.05 bits per heavy atom. The fraction of sp³-hybridized carbons (Fsp3) is 0.588. The number of hydrogen-bond acceptors (Lipinski definition) is 2. The molecule has 3 unspecified atom stereocenters. The lowest BCUT2D eigenvalue weighted by Gasteiger charge is -2.40. The van der Waals surface area contributed by atoms with Crippen LogP contribution in [-0.4, -0.2) is 24.5 Å². The number of carbonyl (C=O) groups excluding carboxylic acids is 1. The van der Waals surface area contributed by atoms with E-state index in [2.05, 4.69) is 37.4 Å². The number of benzene rings is 1. The third-order valence-electron chi connectivity index (χ3n) is 4.80. The second-order valence-corrected chi connectivity index (χ2v) is 6.28. The molecule has 0 spiro atoms. The van der Waals surface area contributed by atoms with E-state index in [0.29, 0.717) is 12.0 Å². The fourth-order valence-corrected chi connectivity index (χ4v) is 3.55. The first-order valence-electron chi connectivity index (χ1n) is 7.83. The van der Waals surface area contributed by atoms with Crippen molar-refractivity contribution in [3.05, 3.63) is 29.8 Å². The molecule has 3 nitrogen and oxygen atoms in total. The Bertz CT molecular complexity index is 500. The van der Waals surface area contributed by atoms with Crippen LogP contribution in [0.3, 0.4) is 0 Å². The SMILES string of the molecule is CC1CCCNC1C(=O)N1c2ccccc2CCC1C. The summed E-state index contributed by atoms with van der Waals surface area (Å²) in [4.78, 5) is 15.0. The summed E-state index contributed by atoms with van der Waals surface area (Å²) >= 11 is 0. The molecular formula is C17H24N2O. The first kappa shape index (κ1) is 13.6. The number of aryl methyl sites for hydroxylation is 1. The van der Waals surface area contributed by atoms with Crippen LogP contribution in [0.5, 0.6) is 0 Å². The van der Waals surface area contributed by atoms with Crippen molar-refractivity contribution in [1.82, 2.24) is 5.32 Å². The fourth-order valence-electron chi connectivity index (χ4n) is 3.55. The number of rotatable bonds is 1. The van der Waals surface area contributed by atoms with E-state index in [0.717, 1.165) is 31.5 Å². The third kappa shape index (κ3) is 2.35. The standard InChI is InChI=1S/C17H24N2O/c1-12-6-5-11-18-16(12)17(20)19-13(2)9-10-14-7-3-4-8-15(14)19/h3-4,7-8,12-13,16,18H,5-6,9-11H2,1-2H3. The molecule has 0 saturated carbocycles. The average Bonchev–Trinajstić information content (AvgIpc) is 2.47. The quantitative estimate of drug-likeness (QED) is 0.852. The molecule has 1 fully saturated rings. The zero-order valence-electron chi connectivity index (χ0n) is 12.4. The lowest BCUT2D eigenvalue weighted by atomic mass is 9.89. The van der Waals surface area contributed by atoms with Gasteiger partial charge in [0.05, 0.1) is 6.04 Å². The number of amides is 1. The maximum absolute atomic E-state index is 13.0. The molecule has 2 heterocycles. The van der Waals surface area contributed by atoms with E-state index in [4.69, 9.17) is 0 Å². The number of hydrogen-bond donors (Lipinski definition) is 1. The van der Waals surface area contributed by atoms with E-state index >= 15 is 0 Å². The van der Waals surface area contributed by atoms with E-state index in [1.54, 1.807) is 0 Å². The number of piperidine rings is 1. The van der Waals surface area contributed by atoms with Gasteiger partial charge in [0.2, 0.25) is 5.91 Å². The largest absolute Gasteiger partial charge is 0.308 e. The van der Waals surface area contributed by atoms with E-state index in [9.17, 15) is 4.79 Å². The molecule has 2 aliphatic rings. The number of nitrogens with zero attached hydrogens (tertiary/aromatic N) is 1. The summed E-state index contributed by atoms with van der Waals surface area (Å²) in [7, 11) is 0. The Balaban J connectivity index is 1.90. The van der Waals surface area contributed by atoms with Crippen LogP contribution in [0.2, 0.25) is 0 Å². The van der Waals surface area contributed by atoms with Gasteiger partial charge in [-0.1, -0.05) is 25.1 Å². The first-order chi connectivity index (χ1) is 9.68. The van der Waals surface area contributed by atoms with Crippen LogP contribution in [0.1, 0.15) is 38.7 Å². The maximum Gasteiger partial charge on any atom is 0.244 e. The molecule has 20 heavy (non-hydrogen) atoms. The highest BCUT2D eigenvalue weighted by Crippen LogP contribution is 2.32. The molecule has 2 aliphatic heterocycles. The van der Waals surface area contributed by atoms with Crippen molar-refractivity contribution < 1.29 is 4.79 Å². The minimum atomic E-state index is -0.0163. The molecule has 0 bridgehead atoms. The minimum Gasteiger partial charge on any atom is -0.308 e. The molecule has 3 rings (SSSR count). The number of nitrogens with one attached hydrogen (secondary N) is 1. The van der Waals surface area contributed by atoms with Crippen LogP contribution in [-0.2, 0) is 11.2 Å². The molecule has 3 atom stereocenters. The zero-order valence-corrected chi connectivity index (χ0v) is 12.4. The van der Waals surface area contributed by atoms with Gasteiger partial charge in [-0.15, -0.1) is 0 Å². The molecule has 1 aromatic carbocycles. The second-order valence-electron chi connectivity index (χ2n) is 6.28. The zero-order chi connectivity index (χ0) is 14.1. The highest BCUT2D eigenvalue weighted by atomic mass is 16.2. The van der Waals surface area contributed by atoms with Crippen LogP contribution in [0.25, 0.3) is 0 Å². The minimum absolute atomic E-state index is 0.0163. The third-order valence-corrected chi connectivity index (χ3v) is 4.80. The molecule has 1 aromatic rings. The van der Waals surface area contributed by atoms with Gasteiger partial charge in [-0.2, -0.15) is 0 Å². The van der Waals surface area contributed by atoms with E-state index in [1.807, 2.05) is 11.0 Å². The van der Waals surface area contributed by atoms with Crippen LogP contribution < -0.4 is 10.2 Å². The van der Waals surface area contributed by atoms with Crippen LogP contribution >= 0.6 is 0 Å². The highest BCUT2D eigenvalue weighted by Gasteiger charge is 2.35. The topological polar surface area (TPSA) is 32.3 Å². The summed E-state index contributed by atoms with van der Waals surface area (Å²) in [6.07, 6.45) is 4.46. The Labute approximate surface area is 121 Å². The first-order valence-corrected chi connectivity index (χ1v) is 7.83. The van der Waals surface area contributed by atoms with Gasteiger partial charge in [-0.05, 0) is 56.7 Å². The summed E-state index contributed by atoms with van der Waals surface area (Å²) in [5.41, 5.74) is 2.43. The molecule has 1 N–H and O–H groups in total. The van der Waals surface area contributed by atoms with Gasteiger partial charge in [0.25, 0.3) is 0 Å². The molecule has 1 amide bonds. The van der Waals surface area contributed by atoms with Gasteiger partial charge in [-0.25, -0.2) is 0 Å². The molecule has 0 radical (unpaired) electrons. The number of fused-ring (bicyclic) bond motifs is 1. The van der Waals surface area contributed by atoms with Gasteiger partial charge >= 0.3 is 0 Å². The average molecular weight is 272 g/mol. The maximum atomic E-state index is 13.0. The van der Waals surface area contributed by atoms with Crippen LogP contribution in [0.4, 0.5) is 5.69 Å². The smallest absolute Gasteiger partial charge is 0.244 e. The summed E-state index contributed by atoms with van der Waals surface area (Å²) in [6, 6.07) is 8.63. The lowest BCUT2D eigenvalue weighted by molar-refractivity contribution is -0.122. The molecule has 0 aromatic heterocycles. The van der Waals surface area contributed by atoms with Crippen LogP contribution in [0.15, 0.2) is 24.3 Å². The van der Waals surface area contributed by atoms with Crippen molar-refractivity contribution in [2.45, 2.75) is 51.6 Å². The monoisotopic (exact) mass is 272 g/mol. The van der Waals surface area contributed by atoms with Crippen molar-refractivity contribution in [2.24, 2.45) is 5.92 Å². The van der Waals surface area contributed by atoms with Crippen molar-refractivity contribution >= 4 is 11.6 Å². The summed E-state index contributed by atoms with van der Waals surface area (Å²) in [5.74, 6) is 0.689. The molecule has 0 aliphatic carbocycles. The highest BCUT2D eigenvalue weighted by molar-refractivity contribution is 5.99. The number of carbonyl (C=O) groups is 1. The molecule has 108 valence electrons. The predicted octanol–water partition coefficient (Wildman–Crippen LogP) is 2.74. The Morgan fingerprint density at radius 3 is 2.85 bits per heavy atom. The van der Waals surface area contributed by atoms with Crippen molar-refractivity contribution in [3.8, 4) is 0 Å². The van der Waals surface area contributed by atoms with Gasteiger partial charge in [0.15, 0.2) is 0 Å². The number of para-hydroxylation sites is 1. The van der Waals surface area contributed by atoms with Gasteiger partial charge < -0.3 is 10.2 Å². The Kier molecular flexibility index (Phi) is 3.79. The normalized spacial score (nSPS) is 29.9. The molecule has 3 heteroatoms. The summed E-state index contributed by atoms with van der Waals surface area (Å²) in [5, 5.41) is 3.43. The van der Waals surface area contributed by atoms with Crippen molar-refractivity contribution in [3.63, 3.8) is 0 Å². The van der Waals surface area contributed by atoms with E-state index in [1.165, 1.54) is 12.0 Å². The predicted molar refractivity (Wildman–Crippen MR) is 81.9 cm³/mol. The molecule has 1 saturated heterocycles. The van der Waals surface area contributed by atoms with Crippen LogP contribution in [0, 0.1) is 5.92 Å². The summed E-state index contributed by atoms with van der Waals surface area (Å²) < 4.78 is 0. The Morgan fingerprint density at radius 1 is 1.25 bits per heavy atom. The Hall–Kier alpha value is -1.35. The van der Waals surface area contributed by atoms with Gasteiger partial charge in [0, 0.05) is 11.7 Å². The van der Waals surface area contributed by atoms with Crippen molar-refractivity contribution in [2.75, 3.05) is 11.4 Å². The molecular weight excluding hydrogens is 248 g/mol. The van der Waals surface area contributed by atoms with Gasteiger partial charge in [0.1, 0.15) is 0 Å².